The molecular weight excluding hydrogens is 322 g/mol. The van der Waals surface area contributed by atoms with Crippen LogP contribution in [0.2, 0.25) is 0 Å². The van der Waals surface area contributed by atoms with Crippen molar-refractivity contribution in [3.8, 4) is 0 Å². The molecular formula is C13H16BrN5O. The van der Waals surface area contributed by atoms with Crippen molar-refractivity contribution < 1.29 is 4.79 Å². The number of halogens is 1. The fourth-order valence-electron chi connectivity index (χ4n) is 1.85. The van der Waals surface area contributed by atoms with Gasteiger partial charge in [0.25, 0.3) is 5.91 Å². The molecule has 0 radical (unpaired) electrons. The van der Waals surface area contributed by atoms with E-state index in [9.17, 15) is 4.79 Å². The third-order valence-electron chi connectivity index (χ3n) is 3.10. The van der Waals surface area contributed by atoms with Crippen LogP contribution in [0.25, 0.3) is 0 Å². The Morgan fingerprint density at radius 2 is 2.25 bits per heavy atom. The van der Waals surface area contributed by atoms with Crippen LogP contribution in [-0.4, -0.2) is 27.2 Å². The van der Waals surface area contributed by atoms with Crippen molar-refractivity contribution >= 4 is 27.5 Å². The Hall–Kier alpha value is -1.89. The molecule has 0 saturated carbocycles. The number of carbonyl (C=O) groups excluding carboxylic acids is 1. The Balaban J connectivity index is 2.01. The van der Waals surface area contributed by atoms with E-state index in [1.165, 1.54) is 0 Å². The zero-order valence-electron chi connectivity index (χ0n) is 11.4. The predicted molar refractivity (Wildman–Crippen MR) is 80.3 cm³/mol. The summed E-state index contributed by atoms with van der Waals surface area (Å²) in [6, 6.07) is 3.55. The molecule has 0 atom stereocenters. The Bertz CT molecular complexity index is 638. The van der Waals surface area contributed by atoms with Gasteiger partial charge >= 0.3 is 0 Å². The van der Waals surface area contributed by atoms with Gasteiger partial charge in [-0.25, -0.2) is 0 Å². The highest BCUT2D eigenvalue weighted by Gasteiger charge is 2.12. The van der Waals surface area contributed by atoms with Gasteiger partial charge < -0.3 is 15.6 Å². The third-order valence-corrected chi connectivity index (χ3v) is 3.55. The normalized spacial score (nSPS) is 10.6. The smallest absolute Gasteiger partial charge is 0.251 e. The number of nitrogens with two attached hydrogens (primary N) is 1. The van der Waals surface area contributed by atoms with Gasteiger partial charge in [0.15, 0.2) is 0 Å². The summed E-state index contributed by atoms with van der Waals surface area (Å²) in [4.78, 5) is 12.2. The van der Waals surface area contributed by atoms with Crippen LogP contribution in [0.1, 0.15) is 21.7 Å². The van der Waals surface area contributed by atoms with Gasteiger partial charge in [0.2, 0.25) is 0 Å². The highest BCUT2D eigenvalue weighted by molar-refractivity contribution is 9.10. The number of aromatic nitrogens is 3. The van der Waals surface area contributed by atoms with Gasteiger partial charge in [-0.3, -0.25) is 4.79 Å². The molecule has 0 saturated heterocycles. The van der Waals surface area contributed by atoms with Crippen LogP contribution in [0.15, 0.2) is 22.9 Å². The Morgan fingerprint density at radius 3 is 2.90 bits per heavy atom. The first-order valence-electron chi connectivity index (χ1n) is 6.15. The molecule has 106 valence electrons. The van der Waals surface area contributed by atoms with Crippen molar-refractivity contribution in [3.63, 3.8) is 0 Å². The number of anilines is 1. The van der Waals surface area contributed by atoms with Crippen LogP contribution in [0.4, 0.5) is 5.69 Å². The monoisotopic (exact) mass is 337 g/mol. The predicted octanol–water partition coefficient (Wildman–Crippen LogP) is 1.44. The van der Waals surface area contributed by atoms with Crippen molar-refractivity contribution in [2.45, 2.75) is 13.3 Å². The standard InChI is InChI=1S/C13H16BrN5O/c1-8-10(5-9(14)6-11(8)15)13(20)16-4-3-12-18-17-7-19(12)2/h5-7H,3-4,15H2,1-2H3,(H,16,20). The summed E-state index contributed by atoms with van der Waals surface area (Å²) in [7, 11) is 1.87. The quantitative estimate of drug-likeness (QED) is 0.826. The minimum atomic E-state index is -0.141. The molecule has 1 heterocycles. The van der Waals surface area contributed by atoms with E-state index in [4.69, 9.17) is 5.73 Å². The van der Waals surface area contributed by atoms with Crippen LogP contribution in [0.5, 0.6) is 0 Å². The maximum Gasteiger partial charge on any atom is 0.251 e. The number of rotatable bonds is 4. The fourth-order valence-corrected chi connectivity index (χ4v) is 2.33. The van der Waals surface area contributed by atoms with Crippen LogP contribution in [-0.2, 0) is 13.5 Å². The number of hydrogen-bond acceptors (Lipinski definition) is 4. The number of nitrogen functional groups attached to an aromatic ring is 1. The van der Waals surface area contributed by atoms with Crippen LogP contribution >= 0.6 is 15.9 Å². The summed E-state index contributed by atoms with van der Waals surface area (Å²) in [6.07, 6.45) is 2.26. The Morgan fingerprint density at radius 1 is 1.50 bits per heavy atom. The van der Waals surface area contributed by atoms with E-state index in [0.717, 1.165) is 15.9 Å². The SMILES string of the molecule is Cc1c(N)cc(Br)cc1C(=O)NCCc1nncn1C. The first kappa shape index (κ1) is 14.5. The molecule has 2 rings (SSSR count). The second-order valence-corrected chi connectivity index (χ2v) is 5.45. The molecule has 1 aromatic heterocycles. The van der Waals surface area contributed by atoms with Crippen LogP contribution < -0.4 is 11.1 Å². The van der Waals surface area contributed by atoms with Gasteiger partial charge in [0, 0.05) is 35.7 Å². The van der Waals surface area contributed by atoms with Crippen molar-refractivity contribution in [2.75, 3.05) is 12.3 Å². The van der Waals surface area contributed by atoms with E-state index in [-0.39, 0.29) is 5.91 Å². The number of aryl methyl sites for hydroxylation is 1. The first-order valence-corrected chi connectivity index (χ1v) is 6.95. The summed E-state index contributed by atoms with van der Waals surface area (Å²) >= 11 is 3.34. The van der Waals surface area contributed by atoms with Crippen molar-refractivity contribution in [3.05, 3.63) is 39.9 Å². The number of hydrogen-bond donors (Lipinski definition) is 2. The van der Waals surface area contributed by atoms with Crippen LogP contribution in [0, 0.1) is 6.92 Å². The topological polar surface area (TPSA) is 85.8 Å². The van der Waals surface area contributed by atoms with Gasteiger partial charge in [-0.05, 0) is 24.6 Å². The molecule has 0 spiro atoms. The van der Waals surface area contributed by atoms with Gasteiger partial charge in [-0.1, -0.05) is 15.9 Å². The van der Waals surface area contributed by atoms with Gasteiger partial charge in [-0.2, -0.15) is 0 Å². The summed E-state index contributed by atoms with van der Waals surface area (Å²) < 4.78 is 2.62. The lowest BCUT2D eigenvalue weighted by Crippen LogP contribution is -2.27. The maximum atomic E-state index is 12.2. The number of amides is 1. The van der Waals surface area contributed by atoms with E-state index in [1.807, 2.05) is 18.5 Å². The molecule has 0 bridgehead atoms. The summed E-state index contributed by atoms with van der Waals surface area (Å²) in [5.74, 6) is 0.688. The molecule has 0 aliphatic heterocycles. The minimum absolute atomic E-state index is 0.141. The fraction of sp³-hybridized carbons (Fsp3) is 0.308. The van der Waals surface area contributed by atoms with Gasteiger partial charge in [0.1, 0.15) is 12.2 Å². The molecule has 7 heteroatoms. The summed E-state index contributed by atoms with van der Waals surface area (Å²) in [5.41, 5.74) is 7.81. The molecule has 0 aliphatic carbocycles. The molecule has 1 aromatic carbocycles. The zero-order valence-corrected chi connectivity index (χ0v) is 12.9. The average molecular weight is 338 g/mol. The number of nitrogens with one attached hydrogen (secondary N) is 1. The molecule has 1 amide bonds. The number of nitrogens with zero attached hydrogens (tertiary/aromatic N) is 3. The van der Waals surface area contributed by atoms with E-state index < -0.39 is 0 Å². The van der Waals surface area contributed by atoms with Crippen molar-refractivity contribution in [1.82, 2.24) is 20.1 Å². The number of benzene rings is 1. The van der Waals surface area contributed by atoms with E-state index in [1.54, 1.807) is 18.5 Å². The molecule has 0 fully saturated rings. The number of carbonyl (C=O) groups is 1. The lowest BCUT2D eigenvalue weighted by molar-refractivity contribution is 0.0953. The Kier molecular flexibility index (Phi) is 4.39. The largest absolute Gasteiger partial charge is 0.398 e. The van der Waals surface area contributed by atoms with Crippen molar-refractivity contribution in [2.24, 2.45) is 7.05 Å². The Labute approximate surface area is 125 Å². The molecule has 0 unspecified atom stereocenters. The van der Waals surface area contributed by atoms with Gasteiger partial charge in [0.05, 0.1) is 0 Å². The van der Waals surface area contributed by atoms with E-state index in [0.29, 0.717) is 24.2 Å². The third kappa shape index (κ3) is 3.16. The van der Waals surface area contributed by atoms with Crippen LogP contribution in [0.3, 0.4) is 0 Å². The zero-order chi connectivity index (χ0) is 14.7. The maximum absolute atomic E-state index is 12.2. The molecule has 3 N–H and O–H groups in total. The lowest BCUT2D eigenvalue weighted by Gasteiger charge is -2.10. The second-order valence-electron chi connectivity index (χ2n) is 4.53. The highest BCUT2D eigenvalue weighted by Crippen LogP contribution is 2.22. The summed E-state index contributed by atoms with van der Waals surface area (Å²) in [5, 5.41) is 10.6. The minimum Gasteiger partial charge on any atom is -0.398 e. The van der Waals surface area contributed by atoms with Crippen molar-refractivity contribution in [1.29, 1.82) is 0 Å². The molecule has 20 heavy (non-hydrogen) atoms. The summed E-state index contributed by atoms with van der Waals surface area (Å²) in [6.45, 7) is 2.33. The second kappa shape index (κ2) is 6.04. The molecule has 6 nitrogen and oxygen atoms in total. The van der Waals surface area contributed by atoms with E-state index >= 15 is 0 Å². The average Bonchev–Trinajstić information content (AvgIpc) is 2.79. The highest BCUT2D eigenvalue weighted by atomic mass is 79.9. The lowest BCUT2D eigenvalue weighted by atomic mass is 10.1. The molecule has 2 aromatic rings. The molecule has 0 aliphatic rings. The van der Waals surface area contributed by atoms with Gasteiger partial charge in [-0.15, -0.1) is 10.2 Å². The first-order chi connectivity index (χ1) is 9.49. The van der Waals surface area contributed by atoms with E-state index in [2.05, 4.69) is 31.4 Å².